The minimum Gasteiger partial charge on any atom is -0.491 e. The van der Waals surface area contributed by atoms with Gasteiger partial charge in [-0.25, -0.2) is 0 Å². The fourth-order valence-corrected chi connectivity index (χ4v) is 2.82. The van der Waals surface area contributed by atoms with Gasteiger partial charge in [-0.1, -0.05) is 48.2 Å². The van der Waals surface area contributed by atoms with Gasteiger partial charge in [-0.2, -0.15) is 0 Å². The van der Waals surface area contributed by atoms with Crippen molar-refractivity contribution in [3.8, 4) is 5.75 Å². The molecule has 3 heteroatoms. The second-order valence-corrected chi connectivity index (χ2v) is 6.10. The summed E-state index contributed by atoms with van der Waals surface area (Å²) in [5, 5.41) is 0. The standard InChI is InChI=1S/C16H26BrNO/c1-4-5-6-7-8-12(2)19-14-9-10-15(13(3)18)16(17)11-14/h9-13H,4-8,18H2,1-3H3/t12?,13-/m0/s1. The number of hydrogen-bond acceptors (Lipinski definition) is 2. The van der Waals surface area contributed by atoms with Gasteiger partial charge in [0.2, 0.25) is 0 Å². The van der Waals surface area contributed by atoms with Crippen LogP contribution in [0.5, 0.6) is 5.75 Å². The molecule has 0 spiro atoms. The second kappa shape index (κ2) is 8.60. The van der Waals surface area contributed by atoms with Gasteiger partial charge in [-0.15, -0.1) is 0 Å². The van der Waals surface area contributed by atoms with Crippen LogP contribution in [-0.2, 0) is 0 Å². The van der Waals surface area contributed by atoms with E-state index in [1.165, 1.54) is 25.7 Å². The Morgan fingerprint density at radius 3 is 2.53 bits per heavy atom. The van der Waals surface area contributed by atoms with Crippen LogP contribution in [0.15, 0.2) is 22.7 Å². The maximum atomic E-state index is 5.94. The van der Waals surface area contributed by atoms with Gasteiger partial charge in [0.25, 0.3) is 0 Å². The van der Waals surface area contributed by atoms with Crippen LogP contribution in [0.25, 0.3) is 0 Å². The summed E-state index contributed by atoms with van der Waals surface area (Å²) in [5.41, 5.74) is 7.00. The van der Waals surface area contributed by atoms with E-state index in [-0.39, 0.29) is 12.1 Å². The van der Waals surface area contributed by atoms with Crippen LogP contribution in [0, 0.1) is 0 Å². The normalized spacial score (nSPS) is 14.2. The Kier molecular flexibility index (Phi) is 7.47. The minimum absolute atomic E-state index is 0.0369. The highest BCUT2D eigenvalue weighted by molar-refractivity contribution is 9.10. The molecule has 0 aliphatic rings. The Labute approximate surface area is 125 Å². The van der Waals surface area contributed by atoms with Crippen molar-refractivity contribution < 1.29 is 4.74 Å². The van der Waals surface area contributed by atoms with Crippen molar-refractivity contribution in [1.82, 2.24) is 0 Å². The summed E-state index contributed by atoms with van der Waals surface area (Å²) < 4.78 is 6.97. The zero-order valence-corrected chi connectivity index (χ0v) is 13.9. The van der Waals surface area contributed by atoms with Crippen molar-refractivity contribution in [1.29, 1.82) is 0 Å². The fraction of sp³-hybridized carbons (Fsp3) is 0.625. The van der Waals surface area contributed by atoms with Crippen molar-refractivity contribution in [3.05, 3.63) is 28.2 Å². The quantitative estimate of drug-likeness (QED) is 0.665. The molecule has 2 atom stereocenters. The molecule has 108 valence electrons. The third-order valence-corrected chi connectivity index (χ3v) is 3.95. The third kappa shape index (κ3) is 5.96. The highest BCUT2D eigenvalue weighted by Crippen LogP contribution is 2.27. The van der Waals surface area contributed by atoms with Gasteiger partial charge in [0, 0.05) is 10.5 Å². The number of benzene rings is 1. The molecule has 0 saturated carbocycles. The van der Waals surface area contributed by atoms with Crippen molar-refractivity contribution in [2.75, 3.05) is 0 Å². The molecule has 0 bridgehead atoms. The van der Waals surface area contributed by atoms with Crippen molar-refractivity contribution in [2.45, 2.75) is 65.0 Å². The summed E-state index contributed by atoms with van der Waals surface area (Å²) in [6.45, 7) is 6.35. The maximum Gasteiger partial charge on any atom is 0.120 e. The molecule has 19 heavy (non-hydrogen) atoms. The van der Waals surface area contributed by atoms with E-state index < -0.39 is 0 Å². The minimum atomic E-state index is 0.0369. The summed E-state index contributed by atoms with van der Waals surface area (Å²) in [6, 6.07) is 6.09. The van der Waals surface area contributed by atoms with E-state index in [1.54, 1.807) is 0 Å². The number of nitrogens with two attached hydrogens (primary N) is 1. The molecule has 0 aliphatic heterocycles. The van der Waals surface area contributed by atoms with E-state index >= 15 is 0 Å². The van der Waals surface area contributed by atoms with Gasteiger partial charge in [-0.05, 0) is 44.4 Å². The van der Waals surface area contributed by atoms with Crippen LogP contribution in [0.2, 0.25) is 0 Å². The van der Waals surface area contributed by atoms with Crippen LogP contribution in [0.4, 0.5) is 0 Å². The topological polar surface area (TPSA) is 35.2 Å². The van der Waals surface area contributed by atoms with Gasteiger partial charge >= 0.3 is 0 Å². The second-order valence-electron chi connectivity index (χ2n) is 5.25. The van der Waals surface area contributed by atoms with E-state index in [0.717, 1.165) is 22.2 Å². The van der Waals surface area contributed by atoms with Crippen LogP contribution in [0.1, 0.15) is 64.5 Å². The first-order valence-electron chi connectivity index (χ1n) is 7.26. The van der Waals surface area contributed by atoms with Crippen LogP contribution in [-0.4, -0.2) is 6.10 Å². The number of hydrogen-bond donors (Lipinski definition) is 1. The first-order chi connectivity index (χ1) is 9.04. The van der Waals surface area contributed by atoms with Gasteiger partial charge < -0.3 is 10.5 Å². The highest BCUT2D eigenvalue weighted by atomic mass is 79.9. The predicted octanol–water partition coefficient (Wildman–Crippen LogP) is 5.21. The maximum absolute atomic E-state index is 5.94. The van der Waals surface area contributed by atoms with Crippen molar-refractivity contribution in [3.63, 3.8) is 0 Å². The molecule has 1 aromatic rings. The summed E-state index contributed by atoms with van der Waals surface area (Å²) in [5.74, 6) is 0.916. The summed E-state index contributed by atoms with van der Waals surface area (Å²) in [7, 11) is 0. The van der Waals surface area contributed by atoms with E-state index in [9.17, 15) is 0 Å². The molecular formula is C16H26BrNO. The number of unbranched alkanes of at least 4 members (excludes halogenated alkanes) is 3. The molecule has 0 aliphatic carbocycles. The van der Waals surface area contributed by atoms with Crippen molar-refractivity contribution >= 4 is 15.9 Å². The predicted molar refractivity (Wildman–Crippen MR) is 85.6 cm³/mol. The van der Waals surface area contributed by atoms with E-state index in [2.05, 4.69) is 29.8 Å². The summed E-state index contributed by atoms with van der Waals surface area (Å²) >= 11 is 3.55. The first-order valence-corrected chi connectivity index (χ1v) is 8.05. The van der Waals surface area contributed by atoms with Crippen LogP contribution >= 0.6 is 15.9 Å². The van der Waals surface area contributed by atoms with Gasteiger partial charge in [0.05, 0.1) is 6.10 Å². The zero-order valence-electron chi connectivity index (χ0n) is 12.3. The molecule has 1 unspecified atom stereocenters. The molecule has 0 amide bonds. The molecule has 2 N–H and O–H groups in total. The molecule has 1 aromatic carbocycles. The monoisotopic (exact) mass is 327 g/mol. The van der Waals surface area contributed by atoms with Crippen LogP contribution in [0.3, 0.4) is 0 Å². The Hall–Kier alpha value is -0.540. The largest absolute Gasteiger partial charge is 0.491 e. The van der Waals surface area contributed by atoms with E-state index in [4.69, 9.17) is 10.5 Å². The Balaban J connectivity index is 2.46. The number of rotatable bonds is 8. The SMILES string of the molecule is CCCCCCC(C)Oc1ccc([C@H](C)N)c(Br)c1. The summed E-state index contributed by atoms with van der Waals surface area (Å²) in [6.07, 6.45) is 6.53. The van der Waals surface area contributed by atoms with E-state index in [0.29, 0.717) is 0 Å². The van der Waals surface area contributed by atoms with Crippen molar-refractivity contribution in [2.24, 2.45) is 5.73 Å². The third-order valence-electron chi connectivity index (χ3n) is 3.26. The molecular weight excluding hydrogens is 302 g/mol. The molecule has 1 rings (SSSR count). The molecule has 0 saturated heterocycles. The lowest BCUT2D eigenvalue weighted by molar-refractivity contribution is 0.206. The smallest absolute Gasteiger partial charge is 0.120 e. The molecule has 0 heterocycles. The zero-order chi connectivity index (χ0) is 14.3. The number of ether oxygens (including phenoxy) is 1. The highest BCUT2D eigenvalue weighted by Gasteiger charge is 2.08. The summed E-state index contributed by atoms with van der Waals surface area (Å²) in [4.78, 5) is 0. The molecule has 0 aromatic heterocycles. The van der Waals surface area contributed by atoms with Gasteiger partial charge in [0.1, 0.15) is 5.75 Å². The first kappa shape index (κ1) is 16.5. The Bertz CT molecular complexity index is 379. The van der Waals surface area contributed by atoms with Gasteiger partial charge in [-0.3, -0.25) is 0 Å². The van der Waals surface area contributed by atoms with Gasteiger partial charge in [0.15, 0.2) is 0 Å². The fourth-order valence-electron chi connectivity index (χ4n) is 2.10. The van der Waals surface area contributed by atoms with Crippen LogP contribution < -0.4 is 10.5 Å². The van der Waals surface area contributed by atoms with E-state index in [1.807, 2.05) is 25.1 Å². The Morgan fingerprint density at radius 1 is 1.21 bits per heavy atom. The molecule has 0 fully saturated rings. The lowest BCUT2D eigenvalue weighted by atomic mass is 10.1. The lowest BCUT2D eigenvalue weighted by Crippen LogP contribution is -2.12. The lowest BCUT2D eigenvalue weighted by Gasteiger charge is -2.16. The average Bonchev–Trinajstić information content (AvgIpc) is 2.34. The molecule has 2 nitrogen and oxygen atoms in total. The Morgan fingerprint density at radius 2 is 1.95 bits per heavy atom. The number of halogens is 1. The molecule has 0 radical (unpaired) electrons. The average molecular weight is 328 g/mol.